The minimum absolute atomic E-state index is 0.0694. The number of unbranched alkanes of at least 4 members (excludes halogenated alkanes) is 1. The van der Waals surface area contributed by atoms with Crippen LogP contribution in [0.15, 0.2) is 35.3 Å². The first-order valence-electron chi connectivity index (χ1n) is 22.4. The zero-order valence-corrected chi connectivity index (χ0v) is 41.1. The SMILES string of the molecule is CC(=O)/C=C\C(C)=O.CC(C)C(C)(C)CC(C)(C)C.CCC(C)(CO)CO.CCCCC(C)=Nc1c(N)nc2cc(CCCN3CCN(C(C)(C)CO)CC3)ccc2c1C. The lowest BCUT2D eigenvalue weighted by Crippen LogP contribution is -2.56. The highest BCUT2D eigenvalue weighted by Gasteiger charge is 2.29. The van der Waals surface area contributed by atoms with E-state index in [4.69, 9.17) is 25.9 Å². The molecule has 344 valence electrons. The van der Waals surface area contributed by atoms with E-state index in [2.05, 4.69) is 111 Å². The Morgan fingerprint density at radius 2 is 1.42 bits per heavy atom. The van der Waals surface area contributed by atoms with Gasteiger partial charge in [0.05, 0.1) is 25.3 Å². The number of hydrogen-bond donors (Lipinski definition) is 4. The van der Waals surface area contributed by atoms with E-state index in [9.17, 15) is 14.7 Å². The van der Waals surface area contributed by atoms with Gasteiger partial charge in [0.25, 0.3) is 0 Å². The number of aryl methyl sites for hydroxylation is 2. The van der Waals surface area contributed by atoms with E-state index < -0.39 is 0 Å². The molecule has 0 spiro atoms. The largest absolute Gasteiger partial charge is 0.396 e. The number of anilines is 1. The van der Waals surface area contributed by atoms with E-state index in [1.165, 1.54) is 38.0 Å². The molecule has 1 aromatic heterocycles. The Morgan fingerprint density at radius 3 is 1.82 bits per heavy atom. The summed E-state index contributed by atoms with van der Waals surface area (Å²) in [5.41, 5.74) is 12.2. The number of benzene rings is 1. The number of nitrogens with two attached hydrogens (primary N) is 1. The number of aliphatic imine (C=N–C) groups is 1. The number of aliphatic hydroxyl groups is 3. The minimum Gasteiger partial charge on any atom is -0.396 e. The summed E-state index contributed by atoms with van der Waals surface area (Å²) in [5, 5.41) is 28.0. The molecule has 2 aromatic rings. The molecule has 1 saturated heterocycles. The van der Waals surface area contributed by atoms with Gasteiger partial charge in [-0.2, -0.15) is 0 Å². The zero-order chi connectivity index (χ0) is 46.5. The quantitative estimate of drug-likeness (QED) is 0.0901. The first-order chi connectivity index (χ1) is 27.7. The molecule has 2 heterocycles. The number of aliphatic hydroxyl groups excluding tert-OH is 3. The molecule has 1 aromatic carbocycles. The van der Waals surface area contributed by atoms with Gasteiger partial charge in [-0.1, -0.05) is 87.8 Å². The smallest absolute Gasteiger partial charge is 0.152 e. The van der Waals surface area contributed by atoms with Crippen LogP contribution >= 0.6 is 0 Å². The van der Waals surface area contributed by atoms with Gasteiger partial charge in [-0.05, 0) is 133 Å². The Balaban J connectivity index is 0.00000104. The van der Waals surface area contributed by atoms with Crippen molar-refractivity contribution >= 4 is 39.7 Å². The fourth-order valence-corrected chi connectivity index (χ4v) is 6.73. The Morgan fingerprint density at radius 1 is 0.867 bits per heavy atom. The van der Waals surface area contributed by atoms with Crippen molar-refractivity contribution in [3.8, 4) is 0 Å². The summed E-state index contributed by atoms with van der Waals surface area (Å²) < 4.78 is 0. The maximum absolute atomic E-state index is 10.1. The maximum atomic E-state index is 10.1. The zero-order valence-electron chi connectivity index (χ0n) is 41.1. The Kier molecular flexibility index (Phi) is 25.8. The number of carbonyl (C=O) groups is 2. The van der Waals surface area contributed by atoms with Crippen LogP contribution < -0.4 is 5.73 Å². The number of carbonyl (C=O) groups excluding carboxylic acids is 2. The number of pyridine rings is 1. The molecule has 60 heavy (non-hydrogen) atoms. The van der Waals surface area contributed by atoms with Gasteiger partial charge in [0.15, 0.2) is 11.6 Å². The minimum atomic E-state index is -0.264. The second-order valence-electron chi connectivity index (χ2n) is 20.1. The average molecular weight is 840 g/mol. The molecule has 1 fully saturated rings. The van der Waals surface area contributed by atoms with Crippen LogP contribution in [-0.4, -0.2) is 105 Å². The summed E-state index contributed by atoms with van der Waals surface area (Å²) in [5.74, 6) is 1.11. The van der Waals surface area contributed by atoms with E-state index >= 15 is 0 Å². The van der Waals surface area contributed by atoms with Crippen LogP contribution in [0.25, 0.3) is 10.9 Å². The predicted octanol–water partition coefficient (Wildman–Crippen LogP) is 9.94. The summed E-state index contributed by atoms with van der Waals surface area (Å²) in [4.78, 5) is 34.7. The summed E-state index contributed by atoms with van der Waals surface area (Å²) in [6.07, 6.45) is 10.1. The first kappa shape index (κ1) is 57.0. The number of allylic oxidation sites excluding steroid dienone is 2. The summed E-state index contributed by atoms with van der Waals surface area (Å²) in [7, 11) is 0. The van der Waals surface area contributed by atoms with Crippen LogP contribution in [0.5, 0.6) is 0 Å². The van der Waals surface area contributed by atoms with Crippen molar-refractivity contribution in [2.24, 2.45) is 27.2 Å². The van der Waals surface area contributed by atoms with Gasteiger partial charge in [0.1, 0.15) is 11.5 Å². The molecular formula is C50H89N5O5. The monoisotopic (exact) mass is 840 g/mol. The Hall–Kier alpha value is -3.02. The van der Waals surface area contributed by atoms with Crippen molar-refractivity contribution in [2.45, 2.75) is 161 Å². The molecule has 0 saturated carbocycles. The molecule has 1 aliphatic rings. The number of nitrogens with zero attached hydrogens (tertiary/aromatic N) is 4. The highest BCUT2D eigenvalue weighted by Crippen LogP contribution is 2.38. The van der Waals surface area contributed by atoms with Crippen LogP contribution in [-0.2, 0) is 16.0 Å². The molecule has 1 aliphatic heterocycles. The third-order valence-corrected chi connectivity index (χ3v) is 11.8. The van der Waals surface area contributed by atoms with Crippen LogP contribution in [0.1, 0.15) is 154 Å². The van der Waals surface area contributed by atoms with Gasteiger partial charge < -0.3 is 26.0 Å². The molecule has 3 rings (SSSR count). The van der Waals surface area contributed by atoms with E-state index in [-0.39, 0.29) is 42.3 Å². The molecule has 0 radical (unpaired) electrons. The second-order valence-corrected chi connectivity index (χ2v) is 20.1. The van der Waals surface area contributed by atoms with Crippen LogP contribution in [0, 0.1) is 29.1 Å². The number of ketones is 2. The number of aromatic nitrogens is 1. The highest BCUT2D eigenvalue weighted by molar-refractivity contribution is 5.96. The number of fused-ring (bicyclic) bond motifs is 1. The fourth-order valence-electron chi connectivity index (χ4n) is 6.73. The van der Waals surface area contributed by atoms with E-state index in [1.807, 2.05) is 13.8 Å². The number of piperazine rings is 1. The molecule has 5 N–H and O–H groups in total. The van der Waals surface area contributed by atoms with E-state index in [0.29, 0.717) is 16.6 Å². The van der Waals surface area contributed by atoms with Crippen molar-refractivity contribution in [3.63, 3.8) is 0 Å². The molecule has 0 atom stereocenters. The van der Waals surface area contributed by atoms with Crippen molar-refractivity contribution in [2.75, 3.05) is 58.3 Å². The molecule has 10 heteroatoms. The van der Waals surface area contributed by atoms with Crippen LogP contribution in [0.3, 0.4) is 0 Å². The molecule has 0 amide bonds. The van der Waals surface area contributed by atoms with Gasteiger partial charge in [-0.15, -0.1) is 0 Å². The topological polar surface area (TPSA) is 153 Å². The van der Waals surface area contributed by atoms with Crippen molar-refractivity contribution in [1.82, 2.24) is 14.8 Å². The molecular weight excluding hydrogens is 751 g/mol. The van der Waals surface area contributed by atoms with E-state index in [1.54, 1.807) is 0 Å². The average Bonchev–Trinajstić information content (AvgIpc) is 3.17. The standard InChI is InChI=1S/C27H43N5O.C11H24.C6H8O2.C6H14O2/c1-6-7-9-20(2)29-25-21(3)23-12-11-22(18-24(23)30-26(25)28)10-8-13-31-14-16-32(17-15-31)27(4,5)19-33;1-9(2)11(6,7)8-10(3,4)5;1-5(7)3-4-6(2)8;1-3-6(2,4-7)5-8/h11-12,18,33H,6-10,13-17,19H2,1-5H3,(H2,28,30);9H,8H2,1-7H3;3-4H,1-2H3;7-8H,3-5H2,1-2H3/b;;4-3-;. The molecule has 10 nitrogen and oxygen atoms in total. The number of hydrogen-bond acceptors (Lipinski definition) is 10. The fraction of sp³-hybridized carbons (Fsp3) is 0.720. The maximum Gasteiger partial charge on any atom is 0.152 e. The summed E-state index contributed by atoms with van der Waals surface area (Å²) >= 11 is 0. The molecule has 0 bridgehead atoms. The molecule has 0 unspecified atom stereocenters. The normalized spacial score (nSPS) is 14.6. The van der Waals surface area contributed by atoms with Gasteiger partial charge in [-0.25, -0.2) is 4.98 Å². The second kappa shape index (κ2) is 27.1. The van der Waals surface area contributed by atoms with Crippen molar-refractivity contribution in [1.29, 1.82) is 0 Å². The third-order valence-electron chi connectivity index (χ3n) is 11.8. The lowest BCUT2D eigenvalue weighted by molar-refractivity contribution is -0.114. The lowest BCUT2D eigenvalue weighted by atomic mass is 9.70. The van der Waals surface area contributed by atoms with Crippen molar-refractivity contribution < 1.29 is 24.9 Å². The Labute approximate surface area is 366 Å². The first-order valence-corrected chi connectivity index (χ1v) is 22.4. The highest BCUT2D eigenvalue weighted by atomic mass is 16.3. The number of rotatable bonds is 17. The Bertz CT molecular complexity index is 1600. The van der Waals surface area contributed by atoms with Gasteiger partial charge >= 0.3 is 0 Å². The van der Waals surface area contributed by atoms with Crippen LogP contribution in [0.2, 0.25) is 0 Å². The van der Waals surface area contributed by atoms with Gasteiger partial charge in [0, 0.05) is 48.2 Å². The van der Waals surface area contributed by atoms with Crippen LogP contribution in [0.4, 0.5) is 11.5 Å². The molecule has 0 aliphatic carbocycles. The van der Waals surface area contributed by atoms with Gasteiger partial charge in [-0.3, -0.25) is 19.5 Å². The number of nitrogen functional groups attached to an aromatic ring is 1. The van der Waals surface area contributed by atoms with E-state index in [0.717, 1.165) is 105 Å². The van der Waals surface area contributed by atoms with Crippen molar-refractivity contribution in [3.05, 3.63) is 41.5 Å². The lowest BCUT2D eigenvalue weighted by Gasteiger charge is -2.43. The predicted molar refractivity (Wildman–Crippen MR) is 256 cm³/mol. The third kappa shape index (κ3) is 22.2. The summed E-state index contributed by atoms with van der Waals surface area (Å²) in [6, 6.07) is 6.60. The van der Waals surface area contributed by atoms with Gasteiger partial charge in [0.2, 0.25) is 0 Å². The summed E-state index contributed by atoms with van der Waals surface area (Å²) in [6.45, 7) is 39.2.